The minimum absolute atomic E-state index is 0.193. The van der Waals surface area contributed by atoms with Crippen LogP contribution >= 0.6 is 11.6 Å². The summed E-state index contributed by atoms with van der Waals surface area (Å²) in [6, 6.07) is 6.55. The molecule has 1 fully saturated rings. The Balaban J connectivity index is 2.03. The maximum Gasteiger partial charge on any atom is 0.410 e. The molecule has 1 aliphatic rings. The molecule has 1 aliphatic heterocycles. The fourth-order valence-electron chi connectivity index (χ4n) is 1.90. The molecule has 1 unspecified atom stereocenters. The molecule has 2 rings (SSSR count). The molecule has 0 spiro atoms. The van der Waals surface area contributed by atoms with Gasteiger partial charge in [0, 0.05) is 5.02 Å². The molecule has 1 saturated heterocycles. The molecule has 0 bridgehead atoms. The molecule has 0 aromatic heterocycles. The average Bonchev–Trinajstić information content (AvgIpc) is 2.70. The summed E-state index contributed by atoms with van der Waals surface area (Å²) in [6.45, 7) is -0.193. The molecule has 1 aromatic carbocycles. The normalized spacial score (nSPS) is 18.8. The number of aryl methyl sites for hydroxylation is 1. The second kappa shape index (κ2) is 5.27. The first-order valence-corrected chi connectivity index (χ1v) is 5.87. The third-order valence-corrected chi connectivity index (χ3v) is 3.25. The van der Waals surface area contributed by atoms with E-state index in [1.54, 1.807) is 6.07 Å². The fourth-order valence-corrected chi connectivity index (χ4v) is 2.13. The van der Waals surface area contributed by atoms with Crippen molar-refractivity contribution in [2.75, 3.05) is 6.73 Å². The van der Waals surface area contributed by atoms with Crippen molar-refractivity contribution in [1.29, 1.82) is 0 Å². The second-order valence-electron chi connectivity index (χ2n) is 3.99. The van der Waals surface area contributed by atoms with Crippen LogP contribution in [0.15, 0.2) is 24.3 Å². The quantitative estimate of drug-likeness (QED) is 0.854. The molecule has 1 atom stereocenters. The monoisotopic (exact) mass is 269 g/mol. The number of nitrogens with zero attached hydrogens (tertiary/aromatic N) is 1. The van der Waals surface area contributed by atoms with Crippen LogP contribution in [0, 0.1) is 0 Å². The zero-order valence-electron chi connectivity index (χ0n) is 9.51. The van der Waals surface area contributed by atoms with E-state index in [4.69, 9.17) is 21.4 Å². The van der Waals surface area contributed by atoms with Crippen LogP contribution in [0.2, 0.25) is 5.02 Å². The summed E-state index contributed by atoms with van der Waals surface area (Å²) in [5.74, 6) is -0.496. The maximum absolute atomic E-state index is 11.4. The van der Waals surface area contributed by atoms with Gasteiger partial charge in [-0.3, -0.25) is 4.90 Å². The van der Waals surface area contributed by atoms with Gasteiger partial charge in [-0.25, -0.2) is 9.59 Å². The molecule has 0 aliphatic carbocycles. The molecule has 1 heterocycles. The zero-order chi connectivity index (χ0) is 13.1. The van der Waals surface area contributed by atoms with Crippen LogP contribution in [0.3, 0.4) is 0 Å². The number of amides is 1. The molecule has 96 valence electrons. The predicted molar refractivity (Wildman–Crippen MR) is 64.4 cm³/mol. The lowest BCUT2D eigenvalue weighted by atomic mass is 10.0. The third kappa shape index (κ3) is 2.56. The van der Waals surface area contributed by atoms with Crippen molar-refractivity contribution >= 4 is 23.7 Å². The van der Waals surface area contributed by atoms with Crippen molar-refractivity contribution in [2.45, 2.75) is 18.9 Å². The van der Waals surface area contributed by atoms with Gasteiger partial charge in [0.1, 0.15) is 6.04 Å². The van der Waals surface area contributed by atoms with E-state index >= 15 is 0 Å². The topological polar surface area (TPSA) is 66.8 Å². The number of halogens is 1. The fraction of sp³-hybridized carbons (Fsp3) is 0.333. The number of carbonyl (C=O) groups excluding carboxylic acids is 1. The highest BCUT2D eigenvalue weighted by molar-refractivity contribution is 6.31. The number of carbonyl (C=O) groups is 2. The van der Waals surface area contributed by atoms with E-state index in [1.807, 2.05) is 18.2 Å². The Morgan fingerprint density at radius 2 is 2.22 bits per heavy atom. The number of hydrogen-bond donors (Lipinski definition) is 1. The SMILES string of the molecule is O=C1OCN(C(=O)O)C1CCc1ccccc1Cl. The number of ether oxygens (including phenoxy) is 1. The second-order valence-corrected chi connectivity index (χ2v) is 4.40. The molecule has 0 radical (unpaired) electrons. The Hall–Kier alpha value is -1.75. The van der Waals surface area contributed by atoms with Crippen LogP contribution in [-0.4, -0.2) is 34.8 Å². The summed E-state index contributed by atoms with van der Waals surface area (Å²) in [7, 11) is 0. The Bertz CT molecular complexity index is 477. The van der Waals surface area contributed by atoms with Crippen molar-refractivity contribution in [3.05, 3.63) is 34.9 Å². The first-order valence-electron chi connectivity index (χ1n) is 5.49. The van der Waals surface area contributed by atoms with E-state index in [-0.39, 0.29) is 6.73 Å². The van der Waals surface area contributed by atoms with Crippen LogP contribution in [0.5, 0.6) is 0 Å². The molecule has 18 heavy (non-hydrogen) atoms. The van der Waals surface area contributed by atoms with E-state index in [9.17, 15) is 9.59 Å². The summed E-state index contributed by atoms with van der Waals surface area (Å²) in [5.41, 5.74) is 0.893. The van der Waals surface area contributed by atoms with Gasteiger partial charge in [0.2, 0.25) is 0 Å². The molecular weight excluding hydrogens is 258 g/mol. The smallest absolute Gasteiger partial charge is 0.410 e. The van der Waals surface area contributed by atoms with Crippen LogP contribution < -0.4 is 0 Å². The van der Waals surface area contributed by atoms with Gasteiger partial charge in [-0.05, 0) is 24.5 Å². The summed E-state index contributed by atoms with van der Waals surface area (Å²) in [6.07, 6.45) is -0.247. The Labute approximate surface area is 109 Å². The molecule has 1 N–H and O–H groups in total. The molecule has 1 amide bonds. The van der Waals surface area contributed by atoms with Gasteiger partial charge in [0.15, 0.2) is 6.73 Å². The van der Waals surface area contributed by atoms with E-state index in [0.29, 0.717) is 17.9 Å². The van der Waals surface area contributed by atoms with Gasteiger partial charge in [-0.1, -0.05) is 29.8 Å². The number of rotatable bonds is 3. The van der Waals surface area contributed by atoms with Crippen LogP contribution in [0.4, 0.5) is 4.79 Å². The largest absolute Gasteiger partial charge is 0.465 e. The molecule has 5 nitrogen and oxygen atoms in total. The van der Waals surface area contributed by atoms with Gasteiger partial charge >= 0.3 is 12.1 Å². The van der Waals surface area contributed by atoms with Gasteiger partial charge in [-0.2, -0.15) is 0 Å². The predicted octanol–water partition coefficient (Wildman–Crippen LogP) is 2.14. The molecule has 6 heteroatoms. The maximum atomic E-state index is 11.4. The van der Waals surface area contributed by atoms with Crippen molar-refractivity contribution in [3.63, 3.8) is 0 Å². The van der Waals surface area contributed by atoms with Crippen LogP contribution in [-0.2, 0) is 16.0 Å². The van der Waals surface area contributed by atoms with Crippen molar-refractivity contribution in [2.24, 2.45) is 0 Å². The van der Waals surface area contributed by atoms with Gasteiger partial charge in [0.05, 0.1) is 0 Å². The Morgan fingerprint density at radius 3 is 2.89 bits per heavy atom. The number of benzene rings is 1. The van der Waals surface area contributed by atoms with E-state index in [1.165, 1.54) is 0 Å². The minimum Gasteiger partial charge on any atom is -0.465 e. The first kappa shape index (κ1) is 12.7. The van der Waals surface area contributed by atoms with Gasteiger partial charge in [0.25, 0.3) is 0 Å². The number of hydrogen-bond acceptors (Lipinski definition) is 3. The molecule has 1 aromatic rings. The lowest BCUT2D eigenvalue weighted by Crippen LogP contribution is -2.37. The average molecular weight is 270 g/mol. The zero-order valence-corrected chi connectivity index (χ0v) is 10.3. The van der Waals surface area contributed by atoms with Gasteiger partial charge in [-0.15, -0.1) is 0 Å². The first-order chi connectivity index (χ1) is 8.59. The van der Waals surface area contributed by atoms with E-state index < -0.39 is 18.1 Å². The van der Waals surface area contributed by atoms with Gasteiger partial charge < -0.3 is 9.84 Å². The van der Waals surface area contributed by atoms with Crippen LogP contribution in [0.1, 0.15) is 12.0 Å². The summed E-state index contributed by atoms with van der Waals surface area (Å²) in [5, 5.41) is 9.54. The summed E-state index contributed by atoms with van der Waals surface area (Å²) >= 11 is 6.00. The standard InChI is InChI=1S/C12H12ClNO4/c13-9-4-2-1-3-8(9)5-6-10-11(15)18-7-14(10)12(16)17/h1-4,10H,5-7H2,(H,16,17). The minimum atomic E-state index is -1.15. The Kier molecular flexibility index (Phi) is 3.72. The number of esters is 1. The number of cyclic esters (lactones) is 1. The third-order valence-electron chi connectivity index (χ3n) is 2.88. The van der Waals surface area contributed by atoms with Crippen molar-refractivity contribution in [1.82, 2.24) is 4.90 Å². The summed E-state index contributed by atoms with van der Waals surface area (Å²) in [4.78, 5) is 23.3. The molecular formula is C12H12ClNO4. The highest BCUT2D eigenvalue weighted by atomic mass is 35.5. The van der Waals surface area contributed by atoms with E-state index in [2.05, 4.69) is 0 Å². The highest BCUT2D eigenvalue weighted by Crippen LogP contribution is 2.21. The lowest BCUT2D eigenvalue weighted by molar-refractivity contribution is -0.139. The van der Waals surface area contributed by atoms with Crippen molar-refractivity contribution in [3.8, 4) is 0 Å². The number of carboxylic acid groups (broad SMARTS) is 1. The van der Waals surface area contributed by atoms with E-state index in [0.717, 1.165) is 10.5 Å². The highest BCUT2D eigenvalue weighted by Gasteiger charge is 2.37. The Morgan fingerprint density at radius 1 is 1.50 bits per heavy atom. The van der Waals surface area contributed by atoms with Crippen LogP contribution in [0.25, 0.3) is 0 Å². The lowest BCUT2D eigenvalue weighted by Gasteiger charge is -2.16. The van der Waals surface area contributed by atoms with Crippen molar-refractivity contribution < 1.29 is 19.4 Å². The molecule has 0 saturated carbocycles. The summed E-state index contributed by atoms with van der Waals surface area (Å²) < 4.78 is 4.73.